The Balaban J connectivity index is 1.41. The summed E-state index contributed by atoms with van der Waals surface area (Å²) < 4.78 is 0. The summed E-state index contributed by atoms with van der Waals surface area (Å²) in [6.07, 6.45) is 4.13. The van der Waals surface area contributed by atoms with Crippen LogP contribution in [0.2, 0.25) is 0 Å². The van der Waals surface area contributed by atoms with E-state index in [-0.39, 0.29) is 5.91 Å². The van der Waals surface area contributed by atoms with E-state index < -0.39 is 0 Å². The number of carbonyl (C=O) groups excluding carboxylic acids is 1. The topological polar surface area (TPSA) is 52.6 Å². The predicted molar refractivity (Wildman–Crippen MR) is 112 cm³/mol. The third kappa shape index (κ3) is 4.11. The van der Waals surface area contributed by atoms with E-state index in [9.17, 15) is 4.79 Å². The van der Waals surface area contributed by atoms with Gasteiger partial charge in [-0.1, -0.05) is 19.1 Å². The Kier molecular flexibility index (Phi) is 5.46. The summed E-state index contributed by atoms with van der Waals surface area (Å²) in [6.45, 7) is 9.42. The van der Waals surface area contributed by atoms with Gasteiger partial charge in [0, 0.05) is 51.2 Å². The number of anilines is 2. The molecule has 0 spiro atoms. The maximum atomic E-state index is 13.0. The normalized spacial score (nSPS) is 20.4. The molecule has 1 aromatic carbocycles. The minimum absolute atomic E-state index is 0.0117. The van der Waals surface area contributed by atoms with Gasteiger partial charge >= 0.3 is 0 Å². The monoisotopic (exact) mass is 379 g/mol. The highest BCUT2D eigenvalue weighted by atomic mass is 16.2. The number of piperazine rings is 1. The molecule has 148 valence electrons. The summed E-state index contributed by atoms with van der Waals surface area (Å²) in [5.74, 6) is 1.35. The van der Waals surface area contributed by atoms with E-state index in [4.69, 9.17) is 0 Å². The van der Waals surface area contributed by atoms with Gasteiger partial charge in [0.25, 0.3) is 5.91 Å². The zero-order chi connectivity index (χ0) is 19.5. The third-order valence-corrected chi connectivity index (χ3v) is 5.74. The van der Waals surface area contributed by atoms with Crippen molar-refractivity contribution in [3.8, 4) is 0 Å². The third-order valence-electron chi connectivity index (χ3n) is 5.74. The number of rotatable bonds is 3. The first-order valence-electron chi connectivity index (χ1n) is 10.3. The van der Waals surface area contributed by atoms with Crippen LogP contribution in [0.15, 0.2) is 36.5 Å². The lowest BCUT2D eigenvalue weighted by molar-refractivity contribution is 0.0740. The number of aryl methyl sites for hydroxylation is 1. The van der Waals surface area contributed by atoms with E-state index >= 15 is 0 Å². The second kappa shape index (κ2) is 8.17. The van der Waals surface area contributed by atoms with Gasteiger partial charge in [-0.2, -0.15) is 0 Å². The van der Waals surface area contributed by atoms with Crippen molar-refractivity contribution in [3.63, 3.8) is 0 Å². The first-order chi connectivity index (χ1) is 13.6. The summed E-state index contributed by atoms with van der Waals surface area (Å²) in [7, 11) is 0. The van der Waals surface area contributed by atoms with Gasteiger partial charge in [0.05, 0.1) is 0 Å². The highest BCUT2D eigenvalue weighted by Gasteiger charge is 2.25. The van der Waals surface area contributed by atoms with Gasteiger partial charge < -0.3 is 14.7 Å². The fraction of sp³-hybridized carbons (Fsp3) is 0.500. The zero-order valence-corrected chi connectivity index (χ0v) is 16.8. The molecule has 0 aliphatic carbocycles. The molecule has 0 saturated carbocycles. The van der Waals surface area contributed by atoms with Crippen molar-refractivity contribution >= 4 is 17.5 Å². The van der Waals surface area contributed by atoms with Crippen molar-refractivity contribution in [2.45, 2.75) is 26.7 Å². The largest absolute Gasteiger partial charge is 0.368 e. The van der Waals surface area contributed by atoms with Gasteiger partial charge in [0.1, 0.15) is 5.69 Å². The smallest absolute Gasteiger partial charge is 0.272 e. The SMILES string of the molecule is Cc1cccc(N2CCN(C(=O)c3ccnc(N4CCCC(C)C4)n3)CC2)c1. The summed E-state index contributed by atoms with van der Waals surface area (Å²) >= 11 is 0. The summed E-state index contributed by atoms with van der Waals surface area (Å²) in [5.41, 5.74) is 3.00. The van der Waals surface area contributed by atoms with Gasteiger partial charge in [0.2, 0.25) is 5.95 Å². The number of amides is 1. The van der Waals surface area contributed by atoms with E-state index in [1.807, 2.05) is 4.90 Å². The molecule has 6 heteroatoms. The van der Waals surface area contributed by atoms with Crippen molar-refractivity contribution in [1.29, 1.82) is 0 Å². The Labute approximate surface area is 167 Å². The summed E-state index contributed by atoms with van der Waals surface area (Å²) in [6, 6.07) is 10.3. The molecule has 1 aromatic heterocycles. The second-order valence-electron chi connectivity index (χ2n) is 8.05. The van der Waals surface area contributed by atoms with E-state index in [2.05, 4.69) is 57.9 Å². The molecule has 1 unspecified atom stereocenters. The maximum absolute atomic E-state index is 13.0. The van der Waals surface area contributed by atoms with Gasteiger partial charge in [-0.3, -0.25) is 4.79 Å². The van der Waals surface area contributed by atoms with Gasteiger partial charge in [0.15, 0.2) is 0 Å². The van der Waals surface area contributed by atoms with Crippen LogP contribution in [0.1, 0.15) is 35.8 Å². The Morgan fingerprint density at radius 3 is 2.64 bits per heavy atom. The number of nitrogens with zero attached hydrogens (tertiary/aromatic N) is 5. The van der Waals surface area contributed by atoms with E-state index in [0.29, 0.717) is 30.6 Å². The van der Waals surface area contributed by atoms with Crippen molar-refractivity contribution < 1.29 is 4.79 Å². The molecule has 2 aliphatic heterocycles. The minimum Gasteiger partial charge on any atom is -0.368 e. The molecule has 28 heavy (non-hydrogen) atoms. The zero-order valence-electron chi connectivity index (χ0n) is 16.8. The maximum Gasteiger partial charge on any atom is 0.272 e. The van der Waals surface area contributed by atoms with Crippen molar-refractivity contribution in [2.24, 2.45) is 5.92 Å². The Bertz CT molecular complexity index is 831. The molecular weight excluding hydrogens is 350 g/mol. The summed E-state index contributed by atoms with van der Waals surface area (Å²) in [4.78, 5) is 28.5. The molecule has 3 heterocycles. The fourth-order valence-corrected chi connectivity index (χ4v) is 4.15. The number of aromatic nitrogens is 2. The molecular formula is C22H29N5O. The number of benzene rings is 1. The van der Waals surface area contributed by atoms with Gasteiger partial charge in [-0.05, 0) is 49.4 Å². The fourth-order valence-electron chi connectivity index (χ4n) is 4.15. The van der Waals surface area contributed by atoms with Crippen LogP contribution < -0.4 is 9.80 Å². The first kappa shape index (κ1) is 18.7. The lowest BCUT2D eigenvalue weighted by Gasteiger charge is -2.36. The predicted octanol–water partition coefficient (Wildman–Crippen LogP) is 2.98. The Morgan fingerprint density at radius 1 is 1.07 bits per heavy atom. The molecule has 2 aliphatic rings. The van der Waals surface area contributed by atoms with Crippen molar-refractivity contribution in [3.05, 3.63) is 47.8 Å². The van der Waals surface area contributed by atoms with Crippen LogP contribution in [0.3, 0.4) is 0 Å². The molecule has 6 nitrogen and oxygen atoms in total. The van der Waals surface area contributed by atoms with E-state index in [0.717, 1.165) is 32.6 Å². The van der Waals surface area contributed by atoms with Crippen molar-refractivity contribution in [1.82, 2.24) is 14.9 Å². The second-order valence-corrected chi connectivity index (χ2v) is 8.05. The molecule has 2 fully saturated rings. The molecule has 0 N–H and O–H groups in total. The molecule has 4 rings (SSSR count). The van der Waals surface area contributed by atoms with Crippen LogP contribution in [-0.2, 0) is 0 Å². The van der Waals surface area contributed by atoms with Crippen molar-refractivity contribution in [2.75, 3.05) is 49.1 Å². The average Bonchev–Trinajstić information content (AvgIpc) is 2.73. The van der Waals surface area contributed by atoms with E-state index in [1.165, 1.54) is 17.7 Å². The number of piperidine rings is 1. The highest BCUT2D eigenvalue weighted by molar-refractivity contribution is 5.92. The quantitative estimate of drug-likeness (QED) is 0.821. The minimum atomic E-state index is 0.0117. The number of carbonyl (C=O) groups is 1. The molecule has 2 saturated heterocycles. The van der Waals surface area contributed by atoms with Crippen LogP contribution in [0.4, 0.5) is 11.6 Å². The molecule has 1 atom stereocenters. The number of hydrogen-bond acceptors (Lipinski definition) is 5. The van der Waals surface area contributed by atoms with Crippen LogP contribution in [0, 0.1) is 12.8 Å². The average molecular weight is 380 g/mol. The molecule has 2 aromatic rings. The van der Waals surface area contributed by atoms with Crippen LogP contribution in [-0.4, -0.2) is 60.0 Å². The highest BCUT2D eigenvalue weighted by Crippen LogP contribution is 2.21. The number of hydrogen-bond donors (Lipinski definition) is 0. The molecule has 0 bridgehead atoms. The van der Waals surface area contributed by atoms with Crippen LogP contribution in [0.25, 0.3) is 0 Å². The first-order valence-corrected chi connectivity index (χ1v) is 10.3. The van der Waals surface area contributed by atoms with E-state index in [1.54, 1.807) is 12.3 Å². The van der Waals surface area contributed by atoms with Gasteiger partial charge in [-0.25, -0.2) is 9.97 Å². The van der Waals surface area contributed by atoms with Crippen LogP contribution in [0.5, 0.6) is 0 Å². The summed E-state index contributed by atoms with van der Waals surface area (Å²) in [5, 5.41) is 0. The lowest BCUT2D eigenvalue weighted by Crippen LogP contribution is -2.49. The van der Waals surface area contributed by atoms with Crippen LogP contribution >= 0.6 is 0 Å². The standard InChI is InChI=1S/C22H29N5O/c1-17-5-3-7-19(15-17)25-11-13-26(14-12-25)21(28)20-8-9-23-22(24-20)27-10-4-6-18(2)16-27/h3,5,7-9,15,18H,4,6,10-14,16H2,1-2H3. The Hall–Kier alpha value is -2.63. The molecule has 1 amide bonds. The lowest BCUT2D eigenvalue weighted by atomic mass is 10.0. The Morgan fingerprint density at radius 2 is 1.89 bits per heavy atom. The molecule has 0 radical (unpaired) electrons. The van der Waals surface area contributed by atoms with Gasteiger partial charge in [-0.15, -0.1) is 0 Å².